The average Bonchev–Trinajstić information content (AvgIpc) is 3.24. The number of benzene rings is 2. The number of para-hydroxylation sites is 1. The molecule has 2 aliphatic heterocycles. The summed E-state index contributed by atoms with van der Waals surface area (Å²) < 4.78 is 0. The summed E-state index contributed by atoms with van der Waals surface area (Å²) in [6.07, 6.45) is 1.35. The highest BCUT2D eigenvalue weighted by Crippen LogP contribution is 2.26. The Hall–Kier alpha value is -2.73. The number of halogens is 1. The van der Waals surface area contributed by atoms with Crippen molar-refractivity contribution in [2.24, 2.45) is 4.99 Å². The van der Waals surface area contributed by atoms with E-state index < -0.39 is 0 Å². The fraction of sp³-hybridized carbons (Fsp3) is 0.417. The van der Waals surface area contributed by atoms with Gasteiger partial charge in [-0.15, -0.1) is 0 Å². The molecule has 0 bridgehead atoms. The van der Waals surface area contributed by atoms with E-state index in [4.69, 9.17) is 11.6 Å². The second-order valence-electron chi connectivity index (χ2n) is 8.02. The Morgan fingerprint density at radius 2 is 1.61 bits per heavy atom. The van der Waals surface area contributed by atoms with Crippen molar-refractivity contribution >= 4 is 29.2 Å². The summed E-state index contributed by atoms with van der Waals surface area (Å²) in [5.74, 6) is 1.13. The lowest BCUT2D eigenvalue weighted by atomic mass is 10.1. The van der Waals surface area contributed by atoms with E-state index in [0.29, 0.717) is 6.42 Å². The first-order valence-electron chi connectivity index (χ1n) is 11.0. The minimum Gasteiger partial charge on any atom is -0.367 e. The molecule has 2 heterocycles. The van der Waals surface area contributed by atoms with Gasteiger partial charge in [-0.25, -0.2) is 0 Å². The smallest absolute Gasteiger partial charge is 0.223 e. The van der Waals surface area contributed by atoms with E-state index in [9.17, 15) is 4.79 Å². The third kappa shape index (κ3) is 5.13. The molecule has 0 saturated carbocycles. The first-order chi connectivity index (χ1) is 15.2. The van der Waals surface area contributed by atoms with E-state index >= 15 is 0 Å². The molecule has 1 amide bonds. The fourth-order valence-corrected chi connectivity index (χ4v) is 4.56. The molecule has 0 spiro atoms. The van der Waals surface area contributed by atoms with E-state index in [1.165, 1.54) is 11.1 Å². The predicted octanol–water partition coefficient (Wildman–Crippen LogP) is 3.36. The largest absolute Gasteiger partial charge is 0.367 e. The lowest BCUT2D eigenvalue weighted by molar-refractivity contribution is -0.131. The second kappa shape index (κ2) is 10.1. The maximum Gasteiger partial charge on any atom is 0.223 e. The number of hydrogen-bond donors (Lipinski definition) is 1. The number of aliphatic imine (C=N–C) groups is 1. The number of rotatable bonds is 5. The highest BCUT2D eigenvalue weighted by atomic mass is 35.5. The predicted molar refractivity (Wildman–Crippen MR) is 127 cm³/mol. The van der Waals surface area contributed by atoms with Gasteiger partial charge in [0, 0.05) is 59.3 Å². The van der Waals surface area contributed by atoms with Gasteiger partial charge in [-0.3, -0.25) is 9.79 Å². The topological polar surface area (TPSA) is 51.2 Å². The number of guanidine groups is 1. The lowest BCUT2D eigenvalue weighted by Gasteiger charge is -2.38. The zero-order valence-corrected chi connectivity index (χ0v) is 18.8. The highest BCUT2D eigenvalue weighted by Gasteiger charge is 2.23. The number of piperazine rings is 1. The van der Waals surface area contributed by atoms with Gasteiger partial charge in [-0.2, -0.15) is 0 Å². The van der Waals surface area contributed by atoms with Crippen molar-refractivity contribution in [1.29, 1.82) is 0 Å². The van der Waals surface area contributed by atoms with Gasteiger partial charge in [0.05, 0.1) is 10.7 Å². The van der Waals surface area contributed by atoms with Crippen LogP contribution in [0.4, 0.5) is 5.69 Å². The molecule has 0 unspecified atom stereocenters. The molecule has 7 heteroatoms. The SMILES string of the molecule is CN=C(NCCCC(=O)N1Cc2ccccc2C1)N1CCN(c2ccccc2Cl)CC1. The highest BCUT2D eigenvalue weighted by molar-refractivity contribution is 6.33. The zero-order valence-electron chi connectivity index (χ0n) is 18.1. The Labute approximate surface area is 189 Å². The molecular weight excluding hydrogens is 410 g/mol. The number of carbonyl (C=O) groups excluding carboxylic acids is 1. The van der Waals surface area contributed by atoms with E-state index in [0.717, 1.165) is 68.9 Å². The first kappa shape index (κ1) is 21.5. The van der Waals surface area contributed by atoms with Crippen LogP contribution in [0, 0.1) is 0 Å². The summed E-state index contributed by atoms with van der Waals surface area (Å²) in [6.45, 7) is 5.78. The summed E-state index contributed by atoms with van der Waals surface area (Å²) in [7, 11) is 1.81. The van der Waals surface area contributed by atoms with Gasteiger partial charge < -0.3 is 20.0 Å². The number of carbonyl (C=O) groups is 1. The van der Waals surface area contributed by atoms with Gasteiger partial charge in [0.2, 0.25) is 5.91 Å². The van der Waals surface area contributed by atoms with Gasteiger partial charge in [0.1, 0.15) is 0 Å². The van der Waals surface area contributed by atoms with Crippen LogP contribution in [0.15, 0.2) is 53.5 Å². The van der Waals surface area contributed by atoms with Gasteiger partial charge >= 0.3 is 0 Å². The molecule has 2 aliphatic rings. The van der Waals surface area contributed by atoms with E-state index in [1.807, 2.05) is 42.3 Å². The number of anilines is 1. The van der Waals surface area contributed by atoms with Gasteiger partial charge in [-0.05, 0) is 29.7 Å². The van der Waals surface area contributed by atoms with Gasteiger partial charge in [-0.1, -0.05) is 48.0 Å². The summed E-state index contributed by atoms with van der Waals surface area (Å²) >= 11 is 6.34. The van der Waals surface area contributed by atoms with Crippen LogP contribution in [0.3, 0.4) is 0 Å². The Kier molecular flexibility index (Phi) is 6.97. The van der Waals surface area contributed by atoms with Crippen LogP contribution in [0.2, 0.25) is 5.02 Å². The molecule has 0 aliphatic carbocycles. The number of fused-ring (bicyclic) bond motifs is 1. The standard InChI is InChI=1S/C24H30ClN5O/c1-26-24(29-15-13-28(14-16-29)22-10-5-4-9-21(22)25)27-12-6-11-23(31)30-17-19-7-2-3-8-20(19)18-30/h2-5,7-10H,6,11-18H2,1H3,(H,26,27). The van der Waals surface area contributed by atoms with E-state index in [1.54, 1.807) is 0 Å². The van der Waals surface area contributed by atoms with Crippen LogP contribution >= 0.6 is 11.6 Å². The van der Waals surface area contributed by atoms with Crippen molar-refractivity contribution in [2.45, 2.75) is 25.9 Å². The van der Waals surface area contributed by atoms with Crippen molar-refractivity contribution in [3.8, 4) is 0 Å². The summed E-state index contributed by atoms with van der Waals surface area (Å²) in [4.78, 5) is 23.5. The molecule has 2 aromatic rings. The number of nitrogens with one attached hydrogen (secondary N) is 1. The molecule has 2 aromatic carbocycles. The molecule has 1 N–H and O–H groups in total. The Morgan fingerprint density at radius 3 is 2.26 bits per heavy atom. The normalized spacial score (nSPS) is 16.5. The third-order valence-electron chi connectivity index (χ3n) is 6.03. The van der Waals surface area contributed by atoms with Crippen LogP contribution in [0.5, 0.6) is 0 Å². The summed E-state index contributed by atoms with van der Waals surface area (Å²) in [6, 6.07) is 16.3. The monoisotopic (exact) mass is 439 g/mol. The van der Waals surface area contributed by atoms with E-state index in [-0.39, 0.29) is 5.91 Å². The first-order valence-corrected chi connectivity index (χ1v) is 11.3. The van der Waals surface area contributed by atoms with Gasteiger partial charge in [0.15, 0.2) is 5.96 Å². The average molecular weight is 440 g/mol. The summed E-state index contributed by atoms with van der Waals surface area (Å²) in [5, 5.41) is 4.22. The van der Waals surface area contributed by atoms with Crippen LogP contribution in [0.1, 0.15) is 24.0 Å². The maximum atomic E-state index is 12.6. The van der Waals surface area contributed by atoms with Crippen LogP contribution in [-0.4, -0.2) is 61.4 Å². The van der Waals surface area contributed by atoms with E-state index in [2.05, 4.69) is 38.3 Å². The number of hydrogen-bond acceptors (Lipinski definition) is 3. The zero-order chi connectivity index (χ0) is 21.6. The second-order valence-corrected chi connectivity index (χ2v) is 8.43. The minimum atomic E-state index is 0.223. The Bertz CT molecular complexity index is 914. The minimum absolute atomic E-state index is 0.223. The van der Waals surface area contributed by atoms with Crippen LogP contribution in [-0.2, 0) is 17.9 Å². The molecule has 31 heavy (non-hydrogen) atoms. The van der Waals surface area contributed by atoms with Gasteiger partial charge in [0.25, 0.3) is 0 Å². The molecule has 0 radical (unpaired) electrons. The molecule has 6 nitrogen and oxygen atoms in total. The third-order valence-corrected chi connectivity index (χ3v) is 6.35. The Balaban J connectivity index is 1.18. The molecule has 164 valence electrons. The molecule has 4 rings (SSSR count). The lowest BCUT2D eigenvalue weighted by Crippen LogP contribution is -2.52. The number of nitrogens with zero attached hydrogens (tertiary/aromatic N) is 4. The van der Waals surface area contributed by atoms with Crippen molar-refractivity contribution in [3.05, 3.63) is 64.7 Å². The van der Waals surface area contributed by atoms with Crippen molar-refractivity contribution in [2.75, 3.05) is 44.7 Å². The molecular formula is C24H30ClN5O. The quantitative estimate of drug-likeness (QED) is 0.441. The van der Waals surface area contributed by atoms with Crippen LogP contribution in [0.25, 0.3) is 0 Å². The number of amides is 1. The van der Waals surface area contributed by atoms with Crippen molar-refractivity contribution < 1.29 is 4.79 Å². The molecule has 0 aromatic heterocycles. The molecule has 0 atom stereocenters. The molecule has 1 fully saturated rings. The van der Waals surface area contributed by atoms with Crippen LogP contribution < -0.4 is 10.2 Å². The van der Waals surface area contributed by atoms with Crippen molar-refractivity contribution in [1.82, 2.24) is 15.1 Å². The fourth-order valence-electron chi connectivity index (χ4n) is 4.31. The van der Waals surface area contributed by atoms with Crippen molar-refractivity contribution in [3.63, 3.8) is 0 Å². The Morgan fingerprint density at radius 1 is 0.968 bits per heavy atom. The summed E-state index contributed by atoms with van der Waals surface area (Å²) in [5.41, 5.74) is 3.63. The maximum absolute atomic E-state index is 12.6. The molecule has 1 saturated heterocycles.